The van der Waals surface area contributed by atoms with Gasteiger partial charge in [-0.25, -0.2) is 9.97 Å². The van der Waals surface area contributed by atoms with Crippen molar-refractivity contribution in [2.75, 3.05) is 5.43 Å². The van der Waals surface area contributed by atoms with E-state index in [1.165, 1.54) is 11.3 Å². The number of hydrogen-bond donors (Lipinski definition) is 2. The first-order chi connectivity index (χ1) is 12.7. The van der Waals surface area contributed by atoms with Crippen LogP contribution in [-0.2, 0) is 0 Å². The first kappa shape index (κ1) is 16.2. The minimum absolute atomic E-state index is 0.214. The Bertz CT molecular complexity index is 1060. The second kappa shape index (κ2) is 6.93. The zero-order valence-electron chi connectivity index (χ0n) is 14.1. The average molecular weight is 360 g/mol. The molecule has 4 aromatic rings. The summed E-state index contributed by atoms with van der Waals surface area (Å²) in [4.78, 5) is 21.9. The zero-order chi connectivity index (χ0) is 17.9. The number of nitrogens with one attached hydrogen (secondary N) is 2. The lowest BCUT2D eigenvalue weighted by Crippen LogP contribution is -2.29. The summed E-state index contributed by atoms with van der Waals surface area (Å²) in [6.07, 6.45) is 0. The predicted molar refractivity (Wildman–Crippen MR) is 105 cm³/mol. The molecule has 0 unspecified atom stereocenters. The third-order valence-corrected chi connectivity index (χ3v) is 4.80. The van der Waals surface area contributed by atoms with Gasteiger partial charge >= 0.3 is 0 Å². The predicted octanol–water partition coefficient (Wildman–Crippen LogP) is 4.42. The van der Waals surface area contributed by atoms with Crippen molar-refractivity contribution in [3.8, 4) is 11.3 Å². The van der Waals surface area contributed by atoms with Gasteiger partial charge in [0.1, 0.15) is 0 Å². The van der Waals surface area contributed by atoms with Gasteiger partial charge in [-0.15, -0.1) is 11.3 Å². The summed E-state index contributed by atoms with van der Waals surface area (Å²) in [5.74, 6) is 0.138. The van der Waals surface area contributed by atoms with Gasteiger partial charge in [0.15, 0.2) is 0 Å². The SMILES string of the molecule is Cc1ccc2nc(NNC(=O)c3cccs3)nc(-c3ccccc3)c2c1. The van der Waals surface area contributed by atoms with Crippen LogP contribution < -0.4 is 10.9 Å². The third-order valence-electron chi connectivity index (χ3n) is 3.93. The van der Waals surface area contributed by atoms with E-state index in [0.717, 1.165) is 27.7 Å². The summed E-state index contributed by atoms with van der Waals surface area (Å²) in [6, 6.07) is 19.6. The number of benzene rings is 2. The molecule has 6 heteroatoms. The molecule has 5 nitrogen and oxygen atoms in total. The second-order valence-corrected chi connectivity index (χ2v) is 6.79. The standard InChI is InChI=1S/C20H16N4OS/c1-13-9-10-16-15(12-13)18(14-6-3-2-4-7-14)22-20(21-16)24-23-19(25)17-8-5-11-26-17/h2-12H,1H3,(H,23,25)(H,21,22,24). The summed E-state index contributed by atoms with van der Waals surface area (Å²) in [5, 5.41) is 2.84. The van der Waals surface area contributed by atoms with Crippen molar-refractivity contribution < 1.29 is 4.79 Å². The molecule has 2 N–H and O–H groups in total. The summed E-state index contributed by atoms with van der Waals surface area (Å²) in [5.41, 5.74) is 9.27. The third kappa shape index (κ3) is 3.27. The second-order valence-electron chi connectivity index (χ2n) is 5.84. The van der Waals surface area contributed by atoms with E-state index in [1.54, 1.807) is 6.07 Å². The van der Waals surface area contributed by atoms with E-state index < -0.39 is 0 Å². The normalized spacial score (nSPS) is 10.7. The first-order valence-corrected chi connectivity index (χ1v) is 9.02. The topological polar surface area (TPSA) is 66.9 Å². The molecule has 26 heavy (non-hydrogen) atoms. The fourth-order valence-electron chi connectivity index (χ4n) is 2.70. The number of carbonyl (C=O) groups is 1. The van der Waals surface area contributed by atoms with E-state index in [-0.39, 0.29) is 5.91 Å². The maximum Gasteiger partial charge on any atom is 0.279 e. The molecule has 0 aliphatic heterocycles. The molecule has 0 aliphatic rings. The number of thiophene rings is 1. The van der Waals surface area contributed by atoms with Crippen molar-refractivity contribution in [3.05, 3.63) is 76.5 Å². The highest BCUT2D eigenvalue weighted by molar-refractivity contribution is 7.12. The Morgan fingerprint density at radius 1 is 1.00 bits per heavy atom. The zero-order valence-corrected chi connectivity index (χ0v) is 14.9. The lowest BCUT2D eigenvalue weighted by atomic mass is 10.0. The van der Waals surface area contributed by atoms with Gasteiger partial charge in [0.05, 0.1) is 16.1 Å². The van der Waals surface area contributed by atoms with E-state index >= 15 is 0 Å². The maximum atomic E-state index is 12.1. The number of anilines is 1. The van der Waals surface area contributed by atoms with Crippen LogP contribution in [-0.4, -0.2) is 15.9 Å². The number of nitrogens with zero attached hydrogens (tertiary/aromatic N) is 2. The molecule has 0 fully saturated rings. The molecule has 1 amide bonds. The lowest BCUT2D eigenvalue weighted by molar-refractivity contribution is 0.0966. The number of aryl methyl sites for hydroxylation is 1. The van der Waals surface area contributed by atoms with Gasteiger partial charge < -0.3 is 0 Å². The van der Waals surface area contributed by atoms with Gasteiger partial charge in [0.25, 0.3) is 5.91 Å². The summed E-state index contributed by atoms with van der Waals surface area (Å²) in [7, 11) is 0. The Morgan fingerprint density at radius 3 is 2.62 bits per heavy atom. The van der Waals surface area contributed by atoms with Crippen LogP contribution >= 0.6 is 11.3 Å². The molecule has 2 heterocycles. The van der Waals surface area contributed by atoms with E-state index in [9.17, 15) is 4.79 Å². The first-order valence-electron chi connectivity index (χ1n) is 8.14. The molecular weight excluding hydrogens is 344 g/mol. The smallest absolute Gasteiger partial charge is 0.266 e. The van der Waals surface area contributed by atoms with Gasteiger partial charge in [-0.3, -0.25) is 15.6 Å². The number of amides is 1. The maximum absolute atomic E-state index is 12.1. The molecular formula is C20H16N4OS. The largest absolute Gasteiger partial charge is 0.279 e. The van der Waals surface area contributed by atoms with Crippen LogP contribution in [0, 0.1) is 6.92 Å². The molecule has 0 spiro atoms. The Balaban J connectivity index is 1.72. The Labute approximate surface area is 154 Å². The van der Waals surface area contributed by atoms with Gasteiger partial charge in [-0.05, 0) is 30.5 Å². The molecule has 4 rings (SSSR count). The van der Waals surface area contributed by atoms with Gasteiger partial charge in [0.2, 0.25) is 5.95 Å². The molecule has 0 saturated carbocycles. The van der Waals surface area contributed by atoms with Crippen molar-refractivity contribution in [1.29, 1.82) is 0 Å². The number of carbonyl (C=O) groups excluding carboxylic acids is 1. The monoisotopic (exact) mass is 360 g/mol. The summed E-state index contributed by atoms with van der Waals surface area (Å²) in [6.45, 7) is 2.04. The molecule has 0 radical (unpaired) electrons. The minimum Gasteiger partial charge on any atom is -0.266 e. The number of fused-ring (bicyclic) bond motifs is 1. The van der Waals surface area contributed by atoms with Crippen molar-refractivity contribution in [2.45, 2.75) is 6.92 Å². The molecule has 0 aliphatic carbocycles. The highest BCUT2D eigenvalue weighted by Crippen LogP contribution is 2.27. The highest BCUT2D eigenvalue weighted by atomic mass is 32.1. The quantitative estimate of drug-likeness (QED) is 0.529. The molecule has 0 atom stereocenters. The van der Waals surface area contributed by atoms with Crippen LogP contribution in [0.3, 0.4) is 0 Å². The highest BCUT2D eigenvalue weighted by Gasteiger charge is 2.11. The Hall–Kier alpha value is -3.25. The molecule has 2 aromatic heterocycles. The van der Waals surface area contributed by atoms with Crippen LogP contribution in [0.1, 0.15) is 15.2 Å². The Morgan fingerprint density at radius 2 is 1.85 bits per heavy atom. The summed E-state index contributed by atoms with van der Waals surface area (Å²) < 4.78 is 0. The van der Waals surface area contributed by atoms with Crippen molar-refractivity contribution >= 4 is 34.1 Å². The van der Waals surface area contributed by atoms with Crippen LogP contribution in [0.25, 0.3) is 22.2 Å². The van der Waals surface area contributed by atoms with Crippen molar-refractivity contribution in [1.82, 2.24) is 15.4 Å². The van der Waals surface area contributed by atoms with Crippen molar-refractivity contribution in [2.24, 2.45) is 0 Å². The van der Waals surface area contributed by atoms with Crippen molar-refractivity contribution in [3.63, 3.8) is 0 Å². The lowest BCUT2D eigenvalue weighted by Gasteiger charge is -2.11. The fraction of sp³-hybridized carbons (Fsp3) is 0.0500. The summed E-state index contributed by atoms with van der Waals surface area (Å²) >= 11 is 1.38. The Kier molecular flexibility index (Phi) is 4.33. The van der Waals surface area contributed by atoms with E-state index in [0.29, 0.717) is 10.8 Å². The van der Waals surface area contributed by atoms with Gasteiger partial charge in [-0.1, -0.05) is 48.0 Å². The molecule has 128 valence electrons. The van der Waals surface area contributed by atoms with E-state index in [2.05, 4.69) is 26.9 Å². The van der Waals surface area contributed by atoms with Crippen LogP contribution in [0.15, 0.2) is 66.0 Å². The number of hydrogen-bond acceptors (Lipinski definition) is 5. The molecule has 0 bridgehead atoms. The minimum atomic E-state index is -0.214. The van der Waals surface area contributed by atoms with E-state index in [1.807, 2.05) is 60.8 Å². The van der Waals surface area contributed by atoms with Crippen LogP contribution in [0.5, 0.6) is 0 Å². The van der Waals surface area contributed by atoms with Crippen LogP contribution in [0.4, 0.5) is 5.95 Å². The fourth-order valence-corrected chi connectivity index (χ4v) is 3.32. The number of rotatable bonds is 4. The van der Waals surface area contributed by atoms with E-state index in [4.69, 9.17) is 0 Å². The number of aromatic nitrogens is 2. The van der Waals surface area contributed by atoms with Gasteiger partial charge in [0, 0.05) is 10.9 Å². The molecule has 0 saturated heterocycles. The molecule has 2 aromatic carbocycles. The average Bonchev–Trinajstić information content (AvgIpc) is 3.21. The van der Waals surface area contributed by atoms with Gasteiger partial charge in [-0.2, -0.15) is 0 Å². The number of hydrazine groups is 1. The van der Waals surface area contributed by atoms with Crippen LogP contribution in [0.2, 0.25) is 0 Å².